The summed E-state index contributed by atoms with van der Waals surface area (Å²) in [7, 11) is 6.20. The maximum absolute atomic E-state index is 4.28. The molecule has 0 amide bonds. The SMILES string of the molecule is CN=C(NCc1cccs1)NCC1CN(C)CCN1C.I. The predicted molar refractivity (Wildman–Crippen MR) is 102 cm³/mol. The molecule has 1 unspecified atom stereocenters. The number of hydrogen-bond donors (Lipinski definition) is 2. The molecule has 7 heteroatoms. The number of hydrogen-bond acceptors (Lipinski definition) is 4. The van der Waals surface area contributed by atoms with E-state index in [4.69, 9.17) is 0 Å². The van der Waals surface area contributed by atoms with Crippen LogP contribution in [0.2, 0.25) is 0 Å². The number of halogens is 1. The maximum Gasteiger partial charge on any atom is 0.191 e. The number of guanidine groups is 1. The van der Waals surface area contributed by atoms with Gasteiger partial charge in [-0.25, -0.2) is 0 Å². The summed E-state index contributed by atoms with van der Waals surface area (Å²) in [5.41, 5.74) is 0. The summed E-state index contributed by atoms with van der Waals surface area (Å²) in [4.78, 5) is 10.4. The highest BCUT2D eigenvalue weighted by Gasteiger charge is 2.21. The minimum Gasteiger partial charge on any atom is -0.355 e. The Kier molecular flexibility index (Phi) is 8.53. The van der Waals surface area contributed by atoms with Gasteiger partial charge < -0.3 is 15.5 Å². The van der Waals surface area contributed by atoms with E-state index in [0.29, 0.717) is 6.04 Å². The van der Waals surface area contributed by atoms with Crippen molar-refractivity contribution in [2.45, 2.75) is 12.6 Å². The molecule has 2 N–H and O–H groups in total. The van der Waals surface area contributed by atoms with E-state index in [-0.39, 0.29) is 24.0 Å². The Morgan fingerprint density at radius 3 is 2.86 bits per heavy atom. The van der Waals surface area contributed by atoms with Crippen LogP contribution >= 0.6 is 35.3 Å². The summed E-state index contributed by atoms with van der Waals surface area (Å²) < 4.78 is 0. The van der Waals surface area contributed by atoms with Gasteiger partial charge in [0.2, 0.25) is 0 Å². The number of nitrogens with zero attached hydrogens (tertiary/aromatic N) is 3. The topological polar surface area (TPSA) is 42.9 Å². The van der Waals surface area contributed by atoms with Gasteiger partial charge in [-0.1, -0.05) is 6.07 Å². The Morgan fingerprint density at radius 1 is 1.38 bits per heavy atom. The molecule has 1 atom stereocenters. The van der Waals surface area contributed by atoms with Crippen LogP contribution in [0.15, 0.2) is 22.5 Å². The van der Waals surface area contributed by atoms with Gasteiger partial charge in [0.25, 0.3) is 0 Å². The van der Waals surface area contributed by atoms with Gasteiger partial charge in [-0.3, -0.25) is 9.89 Å². The molecule has 0 aromatic carbocycles. The molecule has 1 aromatic rings. The monoisotopic (exact) mass is 423 g/mol. The quantitative estimate of drug-likeness (QED) is 0.435. The lowest BCUT2D eigenvalue weighted by Crippen LogP contribution is -2.55. The normalized spacial score (nSPS) is 20.9. The lowest BCUT2D eigenvalue weighted by molar-refractivity contribution is 0.116. The van der Waals surface area contributed by atoms with E-state index in [0.717, 1.165) is 38.7 Å². The highest BCUT2D eigenvalue weighted by Crippen LogP contribution is 2.07. The number of thiophene rings is 1. The van der Waals surface area contributed by atoms with Crippen molar-refractivity contribution < 1.29 is 0 Å². The molecule has 5 nitrogen and oxygen atoms in total. The fourth-order valence-corrected chi connectivity index (χ4v) is 2.99. The maximum atomic E-state index is 4.28. The number of rotatable bonds is 4. The Hall–Kier alpha value is -0.380. The lowest BCUT2D eigenvalue weighted by Gasteiger charge is -2.37. The van der Waals surface area contributed by atoms with Gasteiger partial charge in [-0.15, -0.1) is 35.3 Å². The fraction of sp³-hybridized carbons (Fsp3) is 0.643. The summed E-state index contributed by atoms with van der Waals surface area (Å²) in [6.45, 7) is 5.14. The minimum atomic E-state index is 0. The summed E-state index contributed by atoms with van der Waals surface area (Å²) in [6.07, 6.45) is 0. The van der Waals surface area contributed by atoms with E-state index >= 15 is 0 Å². The molecular formula is C14H26IN5S. The number of piperazine rings is 1. The Balaban J connectivity index is 0.00000220. The molecule has 2 rings (SSSR count). The van der Waals surface area contributed by atoms with E-state index in [1.54, 1.807) is 11.3 Å². The first-order valence-electron chi connectivity index (χ1n) is 7.04. The Labute approximate surface area is 148 Å². The summed E-state index contributed by atoms with van der Waals surface area (Å²) >= 11 is 1.76. The smallest absolute Gasteiger partial charge is 0.191 e. The van der Waals surface area contributed by atoms with Crippen LogP contribution < -0.4 is 10.6 Å². The zero-order valence-corrected chi connectivity index (χ0v) is 16.1. The van der Waals surface area contributed by atoms with Gasteiger partial charge in [0.1, 0.15) is 0 Å². The van der Waals surface area contributed by atoms with Gasteiger partial charge >= 0.3 is 0 Å². The first kappa shape index (κ1) is 18.7. The average molecular weight is 423 g/mol. The van der Waals surface area contributed by atoms with Crippen molar-refractivity contribution in [2.24, 2.45) is 4.99 Å². The molecule has 0 radical (unpaired) electrons. The van der Waals surface area contributed by atoms with Crippen molar-refractivity contribution in [3.8, 4) is 0 Å². The van der Waals surface area contributed by atoms with Crippen molar-refractivity contribution in [1.82, 2.24) is 20.4 Å². The van der Waals surface area contributed by atoms with Crippen molar-refractivity contribution >= 4 is 41.3 Å². The summed E-state index contributed by atoms with van der Waals surface area (Å²) in [5.74, 6) is 0.875. The van der Waals surface area contributed by atoms with E-state index in [2.05, 4.69) is 57.0 Å². The molecule has 1 fully saturated rings. The van der Waals surface area contributed by atoms with Crippen LogP contribution in [0.25, 0.3) is 0 Å². The predicted octanol–water partition coefficient (Wildman–Crippen LogP) is 1.28. The molecule has 0 bridgehead atoms. The van der Waals surface area contributed by atoms with Crippen LogP contribution in [0, 0.1) is 0 Å². The fourth-order valence-electron chi connectivity index (χ4n) is 2.34. The second-order valence-corrected chi connectivity index (χ2v) is 6.31. The van der Waals surface area contributed by atoms with E-state index in [1.807, 2.05) is 7.05 Å². The Morgan fingerprint density at radius 2 is 2.19 bits per heavy atom. The second-order valence-electron chi connectivity index (χ2n) is 5.28. The van der Waals surface area contributed by atoms with Crippen molar-refractivity contribution in [2.75, 3.05) is 47.3 Å². The number of likely N-dealkylation sites (N-methyl/N-ethyl adjacent to an activating group) is 2. The summed E-state index contributed by atoms with van der Waals surface area (Å²) in [6, 6.07) is 4.74. The zero-order chi connectivity index (χ0) is 14.4. The third-order valence-electron chi connectivity index (χ3n) is 3.72. The molecule has 2 heterocycles. The molecule has 21 heavy (non-hydrogen) atoms. The minimum absolute atomic E-state index is 0. The molecule has 1 aliphatic rings. The van der Waals surface area contributed by atoms with Crippen LogP contribution in [0.1, 0.15) is 4.88 Å². The third-order valence-corrected chi connectivity index (χ3v) is 4.60. The molecule has 0 spiro atoms. The van der Waals surface area contributed by atoms with Crippen LogP contribution in [0.5, 0.6) is 0 Å². The number of aliphatic imine (C=N–C) groups is 1. The first-order chi connectivity index (χ1) is 9.69. The van der Waals surface area contributed by atoms with Crippen LogP contribution in [0.4, 0.5) is 0 Å². The highest BCUT2D eigenvalue weighted by atomic mass is 127. The van der Waals surface area contributed by atoms with E-state index < -0.39 is 0 Å². The van der Waals surface area contributed by atoms with Gasteiger partial charge in [-0.05, 0) is 25.5 Å². The Bertz CT molecular complexity index is 423. The zero-order valence-electron chi connectivity index (χ0n) is 13.0. The van der Waals surface area contributed by atoms with E-state index in [1.165, 1.54) is 4.88 Å². The molecule has 1 saturated heterocycles. The van der Waals surface area contributed by atoms with Crippen molar-refractivity contribution in [3.63, 3.8) is 0 Å². The second kappa shape index (κ2) is 9.60. The summed E-state index contributed by atoms with van der Waals surface area (Å²) in [5, 5.41) is 8.88. The average Bonchev–Trinajstić information content (AvgIpc) is 2.96. The van der Waals surface area contributed by atoms with E-state index in [9.17, 15) is 0 Å². The highest BCUT2D eigenvalue weighted by molar-refractivity contribution is 14.0. The van der Waals surface area contributed by atoms with Gasteiger partial charge in [0, 0.05) is 44.1 Å². The van der Waals surface area contributed by atoms with Crippen LogP contribution in [-0.4, -0.2) is 69.1 Å². The molecule has 1 aromatic heterocycles. The van der Waals surface area contributed by atoms with Crippen molar-refractivity contribution in [1.29, 1.82) is 0 Å². The van der Waals surface area contributed by atoms with Gasteiger partial charge in [-0.2, -0.15) is 0 Å². The molecule has 1 aliphatic heterocycles. The van der Waals surface area contributed by atoms with Gasteiger partial charge in [0.15, 0.2) is 5.96 Å². The lowest BCUT2D eigenvalue weighted by atomic mass is 10.2. The standard InChI is InChI=1S/C14H25N5S.HI/c1-15-14(17-10-13-5-4-8-20-13)16-9-12-11-18(2)6-7-19(12)3;/h4-5,8,12H,6-7,9-11H2,1-3H3,(H2,15,16,17);1H. The molecule has 120 valence electrons. The van der Waals surface area contributed by atoms with Crippen molar-refractivity contribution in [3.05, 3.63) is 22.4 Å². The molecule has 0 saturated carbocycles. The molecule has 0 aliphatic carbocycles. The third kappa shape index (κ3) is 6.09. The van der Waals surface area contributed by atoms with Gasteiger partial charge in [0.05, 0.1) is 6.54 Å². The first-order valence-corrected chi connectivity index (χ1v) is 7.92. The number of nitrogens with one attached hydrogen (secondary N) is 2. The van der Waals surface area contributed by atoms with Crippen LogP contribution in [0.3, 0.4) is 0 Å². The molecular weight excluding hydrogens is 397 g/mol. The van der Waals surface area contributed by atoms with Crippen LogP contribution in [-0.2, 0) is 6.54 Å². The largest absolute Gasteiger partial charge is 0.355 e.